The van der Waals surface area contributed by atoms with Crippen LogP contribution in [0.2, 0.25) is 0 Å². The van der Waals surface area contributed by atoms with E-state index in [-0.39, 0.29) is 11.6 Å². The van der Waals surface area contributed by atoms with Crippen LogP contribution in [-0.2, 0) is 0 Å². The Balaban J connectivity index is 2.42. The van der Waals surface area contributed by atoms with Crippen molar-refractivity contribution in [2.45, 2.75) is 26.8 Å². The Morgan fingerprint density at radius 3 is 2.57 bits per heavy atom. The highest BCUT2D eigenvalue weighted by atomic mass is 16.1. The molecule has 0 saturated heterocycles. The Bertz CT molecular complexity index is 928. The summed E-state index contributed by atoms with van der Waals surface area (Å²) in [6.07, 6.45) is 0. The Morgan fingerprint density at radius 2 is 1.87 bits per heavy atom. The Kier molecular flexibility index (Phi) is 4.01. The number of para-hydroxylation sites is 1. The first-order valence-electron chi connectivity index (χ1n) is 7.79. The Hall–Kier alpha value is -2.46. The summed E-state index contributed by atoms with van der Waals surface area (Å²) in [4.78, 5) is 17.8. The van der Waals surface area contributed by atoms with Gasteiger partial charge >= 0.3 is 0 Å². The maximum absolute atomic E-state index is 13.1. The lowest BCUT2D eigenvalue weighted by atomic mass is 10.1. The first kappa shape index (κ1) is 15.4. The van der Waals surface area contributed by atoms with Gasteiger partial charge in [-0.2, -0.15) is 0 Å². The standard InChI is InChI=1S/C19H21N3O/c1-12-9-10-17(13(2)11-12)22-18(14(3)20-4)21-16-8-6-5-7-15(16)19(22)23/h5-11,14,20H,1-4H3/t14-/m0/s1. The normalized spacial score (nSPS) is 12.5. The third-order valence-electron chi connectivity index (χ3n) is 4.22. The number of nitrogens with one attached hydrogen (secondary N) is 1. The third-order valence-corrected chi connectivity index (χ3v) is 4.22. The molecule has 1 aromatic heterocycles. The van der Waals surface area contributed by atoms with Crippen LogP contribution in [0.1, 0.15) is 29.9 Å². The van der Waals surface area contributed by atoms with Crippen molar-refractivity contribution < 1.29 is 0 Å². The van der Waals surface area contributed by atoms with E-state index >= 15 is 0 Å². The first-order chi connectivity index (χ1) is 11.0. The number of nitrogens with zero attached hydrogens (tertiary/aromatic N) is 2. The number of fused-ring (bicyclic) bond motifs is 1. The second-order valence-electron chi connectivity index (χ2n) is 5.93. The summed E-state index contributed by atoms with van der Waals surface area (Å²) in [5.41, 5.74) is 3.83. The zero-order chi connectivity index (χ0) is 16.6. The van der Waals surface area contributed by atoms with Crippen molar-refractivity contribution in [1.29, 1.82) is 0 Å². The number of aryl methyl sites for hydroxylation is 2. The number of benzene rings is 2. The van der Waals surface area contributed by atoms with Crippen LogP contribution < -0.4 is 10.9 Å². The van der Waals surface area contributed by atoms with E-state index in [2.05, 4.69) is 18.3 Å². The van der Waals surface area contributed by atoms with Gasteiger partial charge in [-0.15, -0.1) is 0 Å². The molecule has 4 nitrogen and oxygen atoms in total. The highest BCUT2D eigenvalue weighted by Crippen LogP contribution is 2.20. The fourth-order valence-corrected chi connectivity index (χ4v) is 2.86. The van der Waals surface area contributed by atoms with E-state index < -0.39 is 0 Å². The summed E-state index contributed by atoms with van der Waals surface area (Å²) < 4.78 is 1.73. The maximum Gasteiger partial charge on any atom is 0.266 e. The van der Waals surface area contributed by atoms with Gasteiger partial charge in [0.25, 0.3) is 5.56 Å². The predicted molar refractivity (Wildman–Crippen MR) is 94.3 cm³/mol. The molecule has 0 amide bonds. The van der Waals surface area contributed by atoms with Gasteiger partial charge in [0.2, 0.25) is 0 Å². The van der Waals surface area contributed by atoms with Crippen LogP contribution in [0.5, 0.6) is 0 Å². The minimum absolute atomic E-state index is 0.0281. The first-order valence-corrected chi connectivity index (χ1v) is 7.79. The highest BCUT2D eigenvalue weighted by Gasteiger charge is 2.17. The topological polar surface area (TPSA) is 46.9 Å². The van der Waals surface area contributed by atoms with E-state index in [1.165, 1.54) is 5.56 Å². The van der Waals surface area contributed by atoms with Crippen molar-refractivity contribution in [3.8, 4) is 5.69 Å². The van der Waals surface area contributed by atoms with Gasteiger partial charge in [-0.05, 0) is 51.6 Å². The van der Waals surface area contributed by atoms with Crippen LogP contribution in [0.25, 0.3) is 16.6 Å². The molecular weight excluding hydrogens is 286 g/mol. The van der Waals surface area contributed by atoms with Gasteiger partial charge in [-0.1, -0.05) is 29.8 Å². The molecule has 0 saturated carbocycles. The lowest BCUT2D eigenvalue weighted by molar-refractivity contribution is 0.589. The highest BCUT2D eigenvalue weighted by molar-refractivity contribution is 5.78. The lowest BCUT2D eigenvalue weighted by Crippen LogP contribution is -2.29. The molecule has 2 aromatic carbocycles. The molecule has 0 spiro atoms. The molecule has 0 aliphatic heterocycles. The van der Waals surface area contributed by atoms with Crippen molar-refractivity contribution >= 4 is 10.9 Å². The SMILES string of the molecule is CN[C@@H](C)c1nc2ccccc2c(=O)n1-c1ccc(C)cc1C. The van der Waals surface area contributed by atoms with E-state index in [0.29, 0.717) is 5.39 Å². The fourth-order valence-electron chi connectivity index (χ4n) is 2.86. The zero-order valence-electron chi connectivity index (χ0n) is 13.9. The molecule has 3 rings (SSSR count). The molecule has 1 heterocycles. The molecule has 1 N–H and O–H groups in total. The number of rotatable bonds is 3. The van der Waals surface area contributed by atoms with Gasteiger partial charge in [-0.3, -0.25) is 9.36 Å². The van der Waals surface area contributed by atoms with Crippen LogP contribution in [0.3, 0.4) is 0 Å². The number of hydrogen-bond acceptors (Lipinski definition) is 3. The zero-order valence-corrected chi connectivity index (χ0v) is 13.9. The quantitative estimate of drug-likeness (QED) is 0.808. The minimum Gasteiger partial charge on any atom is -0.311 e. The van der Waals surface area contributed by atoms with E-state index in [9.17, 15) is 4.79 Å². The van der Waals surface area contributed by atoms with Crippen LogP contribution in [0.15, 0.2) is 47.3 Å². The van der Waals surface area contributed by atoms with Crippen molar-refractivity contribution in [2.75, 3.05) is 7.05 Å². The third kappa shape index (κ3) is 2.66. The van der Waals surface area contributed by atoms with E-state index in [0.717, 1.165) is 22.6 Å². The molecule has 0 bridgehead atoms. The molecule has 0 aliphatic carbocycles. The lowest BCUT2D eigenvalue weighted by Gasteiger charge is -2.19. The summed E-state index contributed by atoms with van der Waals surface area (Å²) in [5.74, 6) is 0.725. The second-order valence-corrected chi connectivity index (χ2v) is 5.93. The van der Waals surface area contributed by atoms with Crippen LogP contribution >= 0.6 is 0 Å². The molecule has 23 heavy (non-hydrogen) atoms. The van der Waals surface area contributed by atoms with E-state index in [1.807, 2.05) is 57.3 Å². The average Bonchev–Trinajstić information content (AvgIpc) is 2.55. The number of aromatic nitrogens is 2. The molecule has 0 fully saturated rings. The summed E-state index contributed by atoms with van der Waals surface area (Å²) in [5, 5.41) is 3.83. The summed E-state index contributed by atoms with van der Waals surface area (Å²) in [7, 11) is 1.87. The summed E-state index contributed by atoms with van der Waals surface area (Å²) in [6.45, 7) is 6.09. The van der Waals surface area contributed by atoms with Crippen molar-refractivity contribution in [2.24, 2.45) is 0 Å². The minimum atomic E-state index is -0.0343. The Labute approximate surface area is 135 Å². The van der Waals surface area contributed by atoms with Gasteiger partial charge in [-0.25, -0.2) is 4.98 Å². The second kappa shape index (κ2) is 5.97. The molecule has 0 aliphatic rings. The smallest absolute Gasteiger partial charge is 0.266 e. The van der Waals surface area contributed by atoms with Crippen LogP contribution in [-0.4, -0.2) is 16.6 Å². The Morgan fingerprint density at radius 1 is 1.13 bits per heavy atom. The predicted octanol–water partition coefficient (Wildman–Crippen LogP) is 3.28. The molecule has 0 unspecified atom stereocenters. The van der Waals surface area contributed by atoms with E-state index in [1.54, 1.807) is 4.57 Å². The van der Waals surface area contributed by atoms with Crippen LogP contribution in [0, 0.1) is 13.8 Å². The van der Waals surface area contributed by atoms with Crippen molar-refractivity contribution in [3.63, 3.8) is 0 Å². The van der Waals surface area contributed by atoms with Crippen molar-refractivity contribution in [1.82, 2.24) is 14.9 Å². The van der Waals surface area contributed by atoms with Gasteiger partial charge in [0.15, 0.2) is 0 Å². The van der Waals surface area contributed by atoms with Gasteiger partial charge < -0.3 is 5.32 Å². The van der Waals surface area contributed by atoms with Crippen LogP contribution in [0.4, 0.5) is 0 Å². The fraction of sp³-hybridized carbons (Fsp3) is 0.263. The summed E-state index contributed by atoms with van der Waals surface area (Å²) >= 11 is 0. The molecule has 0 radical (unpaired) electrons. The largest absolute Gasteiger partial charge is 0.311 e. The maximum atomic E-state index is 13.1. The number of hydrogen-bond donors (Lipinski definition) is 1. The summed E-state index contributed by atoms with van der Waals surface area (Å²) in [6, 6.07) is 13.6. The molecule has 4 heteroatoms. The molecular formula is C19H21N3O. The van der Waals surface area contributed by atoms with Crippen molar-refractivity contribution in [3.05, 3.63) is 69.8 Å². The van der Waals surface area contributed by atoms with Gasteiger partial charge in [0, 0.05) is 0 Å². The van der Waals surface area contributed by atoms with Gasteiger partial charge in [0.05, 0.1) is 22.6 Å². The molecule has 1 atom stereocenters. The monoisotopic (exact) mass is 307 g/mol. The van der Waals surface area contributed by atoms with Gasteiger partial charge in [0.1, 0.15) is 5.82 Å². The average molecular weight is 307 g/mol. The molecule has 118 valence electrons. The van der Waals surface area contributed by atoms with E-state index in [4.69, 9.17) is 4.98 Å². The molecule has 3 aromatic rings.